The highest BCUT2D eigenvalue weighted by molar-refractivity contribution is 9.10. The van der Waals surface area contributed by atoms with E-state index in [-0.39, 0.29) is 6.09 Å². The fourth-order valence-corrected chi connectivity index (χ4v) is 3.83. The van der Waals surface area contributed by atoms with Crippen LogP contribution in [0.5, 0.6) is 0 Å². The third-order valence-corrected chi connectivity index (χ3v) is 5.19. The SMILES string of the molecule is CC(C)(C)OC(=O)N1CC2(CCN(c3cccc(Br)c3)CC2)C1. The maximum atomic E-state index is 12.1. The Hall–Kier alpha value is -1.23. The number of anilines is 1. The summed E-state index contributed by atoms with van der Waals surface area (Å²) in [6, 6.07) is 8.47. The number of benzene rings is 1. The van der Waals surface area contributed by atoms with E-state index in [9.17, 15) is 4.79 Å². The predicted octanol–water partition coefficient (Wildman–Crippen LogP) is 4.29. The Balaban J connectivity index is 1.52. The van der Waals surface area contributed by atoms with Crippen LogP contribution in [0.3, 0.4) is 0 Å². The fourth-order valence-electron chi connectivity index (χ4n) is 3.45. The smallest absolute Gasteiger partial charge is 0.410 e. The van der Waals surface area contributed by atoms with E-state index < -0.39 is 5.60 Å². The van der Waals surface area contributed by atoms with E-state index in [4.69, 9.17) is 4.74 Å². The third-order valence-electron chi connectivity index (χ3n) is 4.70. The molecular formula is C18H25BrN2O2. The monoisotopic (exact) mass is 380 g/mol. The summed E-state index contributed by atoms with van der Waals surface area (Å²) in [6.07, 6.45) is 2.11. The van der Waals surface area contributed by atoms with Crippen molar-refractivity contribution < 1.29 is 9.53 Å². The van der Waals surface area contributed by atoms with E-state index in [1.54, 1.807) is 0 Å². The summed E-state index contributed by atoms with van der Waals surface area (Å²) in [5.74, 6) is 0. The number of halogens is 1. The Morgan fingerprint density at radius 3 is 2.43 bits per heavy atom. The van der Waals surface area contributed by atoms with E-state index in [1.807, 2.05) is 25.7 Å². The number of rotatable bonds is 1. The molecule has 1 aromatic carbocycles. The first-order valence-electron chi connectivity index (χ1n) is 8.25. The molecule has 0 N–H and O–H groups in total. The second-order valence-electron chi connectivity index (χ2n) is 7.80. The highest BCUT2D eigenvalue weighted by atomic mass is 79.9. The number of hydrogen-bond acceptors (Lipinski definition) is 3. The highest BCUT2D eigenvalue weighted by Gasteiger charge is 2.47. The highest BCUT2D eigenvalue weighted by Crippen LogP contribution is 2.42. The van der Waals surface area contributed by atoms with Crippen molar-refractivity contribution in [3.63, 3.8) is 0 Å². The Morgan fingerprint density at radius 2 is 1.87 bits per heavy atom. The standard InChI is InChI=1S/C18H25BrN2O2/c1-17(2,3)23-16(22)21-12-18(13-21)7-9-20(10-8-18)15-6-4-5-14(19)11-15/h4-6,11H,7-10,12-13H2,1-3H3. The molecule has 0 atom stereocenters. The molecule has 2 saturated heterocycles. The van der Waals surface area contributed by atoms with Crippen LogP contribution in [-0.2, 0) is 4.74 Å². The molecule has 0 unspecified atom stereocenters. The maximum Gasteiger partial charge on any atom is 0.410 e. The van der Waals surface area contributed by atoms with Gasteiger partial charge in [0, 0.05) is 41.8 Å². The van der Waals surface area contributed by atoms with Gasteiger partial charge in [0.2, 0.25) is 0 Å². The van der Waals surface area contributed by atoms with E-state index in [0.717, 1.165) is 43.5 Å². The predicted molar refractivity (Wildman–Crippen MR) is 95.8 cm³/mol. The number of likely N-dealkylation sites (tertiary alicyclic amines) is 1. The summed E-state index contributed by atoms with van der Waals surface area (Å²) in [6.45, 7) is 9.53. The first-order chi connectivity index (χ1) is 10.8. The van der Waals surface area contributed by atoms with Gasteiger partial charge in [0.1, 0.15) is 5.60 Å². The van der Waals surface area contributed by atoms with Crippen molar-refractivity contribution in [2.45, 2.75) is 39.2 Å². The number of ether oxygens (including phenoxy) is 1. The van der Waals surface area contributed by atoms with Gasteiger partial charge < -0.3 is 14.5 Å². The van der Waals surface area contributed by atoms with Gasteiger partial charge in [-0.15, -0.1) is 0 Å². The Bertz CT molecular complexity index is 581. The van der Waals surface area contributed by atoms with Crippen LogP contribution in [-0.4, -0.2) is 42.8 Å². The molecule has 1 spiro atoms. The molecule has 3 rings (SSSR count). The van der Waals surface area contributed by atoms with Crippen LogP contribution in [0.1, 0.15) is 33.6 Å². The minimum Gasteiger partial charge on any atom is -0.444 e. The molecule has 5 heteroatoms. The van der Waals surface area contributed by atoms with Crippen molar-refractivity contribution in [1.82, 2.24) is 4.90 Å². The van der Waals surface area contributed by atoms with Crippen molar-refractivity contribution >= 4 is 27.7 Å². The molecule has 2 fully saturated rings. The molecule has 0 aliphatic carbocycles. The van der Waals surface area contributed by atoms with Gasteiger partial charge in [0.05, 0.1) is 0 Å². The number of nitrogens with zero attached hydrogens (tertiary/aromatic N) is 2. The normalized spacial score (nSPS) is 20.3. The van der Waals surface area contributed by atoms with Gasteiger partial charge in [-0.3, -0.25) is 0 Å². The summed E-state index contributed by atoms with van der Waals surface area (Å²) in [5, 5.41) is 0. The lowest BCUT2D eigenvalue weighted by molar-refractivity contribution is -0.0434. The zero-order valence-corrected chi connectivity index (χ0v) is 15.7. The van der Waals surface area contributed by atoms with Crippen LogP contribution in [0.4, 0.5) is 10.5 Å². The molecule has 23 heavy (non-hydrogen) atoms. The van der Waals surface area contributed by atoms with Crippen LogP contribution < -0.4 is 4.90 Å². The number of hydrogen-bond donors (Lipinski definition) is 0. The van der Waals surface area contributed by atoms with Gasteiger partial charge in [0.25, 0.3) is 0 Å². The second kappa shape index (κ2) is 6.00. The van der Waals surface area contributed by atoms with Crippen LogP contribution in [0.25, 0.3) is 0 Å². The summed E-state index contributed by atoms with van der Waals surface area (Å²) >= 11 is 3.54. The molecule has 2 heterocycles. The van der Waals surface area contributed by atoms with Crippen LogP contribution in [0.2, 0.25) is 0 Å². The molecule has 126 valence electrons. The summed E-state index contributed by atoms with van der Waals surface area (Å²) in [4.78, 5) is 16.4. The Morgan fingerprint density at radius 1 is 1.22 bits per heavy atom. The molecule has 4 nitrogen and oxygen atoms in total. The zero-order chi connectivity index (χ0) is 16.7. The van der Waals surface area contributed by atoms with Crippen LogP contribution >= 0.6 is 15.9 Å². The average molecular weight is 381 g/mol. The molecule has 0 saturated carbocycles. The van der Waals surface area contributed by atoms with Crippen molar-refractivity contribution in [3.8, 4) is 0 Å². The molecule has 0 aromatic heterocycles. The number of piperidine rings is 1. The van der Waals surface area contributed by atoms with E-state index in [0.29, 0.717) is 5.41 Å². The Labute approximate surface area is 146 Å². The molecule has 2 aliphatic heterocycles. The summed E-state index contributed by atoms with van der Waals surface area (Å²) in [7, 11) is 0. The van der Waals surface area contributed by atoms with Gasteiger partial charge >= 0.3 is 6.09 Å². The fraction of sp³-hybridized carbons (Fsp3) is 0.611. The van der Waals surface area contributed by atoms with Crippen molar-refractivity contribution in [2.24, 2.45) is 5.41 Å². The van der Waals surface area contributed by atoms with Crippen LogP contribution in [0, 0.1) is 5.41 Å². The molecule has 0 radical (unpaired) electrons. The molecule has 0 bridgehead atoms. The maximum absolute atomic E-state index is 12.1. The minimum absolute atomic E-state index is 0.169. The minimum atomic E-state index is -0.413. The summed E-state index contributed by atoms with van der Waals surface area (Å²) in [5.41, 5.74) is 1.17. The molecular weight excluding hydrogens is 356 g/mol. The number of carbonyl (C=O) groups excluding carboxylic acids is 1. The molecule has 2 aliphatic rings. The van der Waals surface area contributed by atoms with Gasteiger partial charge in [-0.1, -0.05) is 22.0 Å². The lowest BCUT2D eigenvalue weighted by atomic mass is 9.72. The largest absolute Gasteiger partial charge is 0.444 e. The van der Waals surface area contributed by atoms with E-state index >= 15 is 0 Å². The third kappa shape index (κ3) is 3.82. The quantitative estimate of drug-likeness (QED) is 0.728. The van der Waals surface area contributed by atoms with Crippen molar-refractivity contribution in [1.29, 1.82) is 0 Å². The van der Waals surface area contributed by atoms with E-state index in [1.165, 1.54) is 5.69 Å². The van der Waals surface area contributed by atoms with E-state index in [2.05, 4.69) is 45.1 Å². The second-order valence-corrected chi connectivity index (χ2v) is 8.72. The number of amides is 1. The van der Waals surface area contributed by atoms with Crippen LogP contribution in [0.15, 0.2) is 28.7 Å². The topological polar surface area (TPSA) is 32.8 Å². The van der Waals surface area contributed by atoms with Gasteiger partial charge in [-0.25, -0.2) is 4.79 Å². The first kappa shape index (κ1) is 16.6. The van der Waals surface area contributed by atoms with Crippen molar-refractivity contribution in [3.05, 3.63) is 28.7 Å². The summed E-state index contributed by atoms with van der Waals surface area (Å²) < 4.78 is 6.57. The molecule has 1 amide bonds. The lowest BCUT2D eigenvalue weighted by Gasteiger charge is -2.54. The van der Waals surface area contributed by atoms with Crippen molar-refractivity contribution in [2.75, 3.05) is 31.1 Å². The Kier molecular flexibility index (Phi) is 4.34. The molecule has 1 aromatic rings. The van der Waals surface area contributed by atoms with Gasteiger partial charge in [-0.05, 0) is 51.8 Å². The first-order valence-corrected chi connectivity index (χ1v) is 9.04. The van der Waals surface area contributed by atoms with Gasteiger partial charge in [0.15, 0.2) is 0 Å². The lowest BCUT2D eigenvalue weighted by Crippen LogP contribution is -2.62. The average Bonchev–Trinajstić information content (AvgIpc) is 2.43. The number of carbonyl (C=O) groups is 1. The zero-order valence-electron chi connectivity index (χ0n) is 14.1. The van der Waals surface area contributed by atoms with Gasteiger partial charge in [-0.2, -0.15) is 0 Å².